The van der Waals surface area contributed by atoms with Gasteiger partial charge in [0.1, 0.15) is 5.78 Å². The standard InChI is InChI=1S/C14H21NO/c1-4-5-14(16)13(15-3)10-12-8-6-11(2)7-9-12/h6-9,13,15H,4-5,10H2,1-3H3. The van der Waals surface area contributed by atoms with E-state index < -0.39 is 0 Å². The molecule has 1 atom stereocenters. The highest BCUT2D eigenvalue weighted by molar-refractivity contribution is 5.84. The molecule has 0 fully saturated rings. The second-order valence-electron chi connectivity index (χ2n) is 4.25. The molecule has 2 nitrogen and oxygen atoms in total. The van der Waals surface area contributed by atoms with Gasteiger partial charge in [0, 0.05) is 6.42 Å². The zero-order valence-electron chi connectivity index (χ0n) is 10.4. The van der Waals surface area contributed by atoms with Crippen molar-refractivity contribution in [2.45, 2.75) is 39.2 Å². The van der Waals surface area contributed by atoms with Crippen molar-refractivity contribution in [2.75, 3.05) is 7.05 Å². The highest BCUT2D eigenvalue weighted by Crippen LogP contribution is 2.08. The van der Waals surface area contributed by atoms with E-state index in [1.165, 1.54) is 11.1 Å². The molecule has 0 aliphatic rings. The highest BCUT2D eigenvalue weighted by Gasteiger charge is 2.15. The van der Waals surface area contributed by atoms with Gasteiger partial charge in [-0.1, -0.05) is 36.8 Å². The van der Waals surface area contributed by atoms with E-state index in [0.717, 1.165) is 12.8 Å². The molecule has 1 aromatic rings. The summed E-state index contributed by atoms with van der Waals surface area (Å²) in [5.41, 5.74) is 2.47. The van der Waals surface area contributed by atoms with Crippen LogP contribution in [-0.4, -0.2) is 18.9 Å². The summed E-state index contributed by atoms with van der Waals surface area (Å²) in [5, 5.41) is 3.10. The first kappa shape index (κ1) is 12.9. The molecule has 1 aromatic carbocycles. The number of likely N-dealkylation sites (N-methyl/N-ethyl adjacent to an activating group) is 1. The van der Waals surface area contributed by atoms with E-state index in [9.17, 15) is 4.79 Å². The number of carbonyl (C=O) groups excluding carboxylic acids is 1. The van der Waals surface area contributed by atoms with Crippen molar-refractivity contribution in [3.63, 3.8) is 0 Å². The lowest BCUT2D eigenvalue weighted by Crippen LogP contribution is -2.35. The number of carbonyl (C=O) groups is 1. The van der Waals surface area contributed by atoms with E-state index >= 15 is 0 Å². The molecule has 0 amide bonds. The third-order valence-electron chi connectivity index (χ3n) is 2.79. The predicted molar refractivity (Wildman–Crippen MR) is 67.6 cm³/mol. The van der Waals surface area contributed by atoms with Crippen molar-refractivity contribution in [2.24, 2.45) is 0 Å². The van der Waals surface area contributed by atoms with Crippen LogP contribution in [-0.2, 0) is 11.2 Å². The number of aryl methyl sites for hydroxylation is 1. The molecule has 16 heavy (non-hydrogen) atoms. The maximum atomic E-state index is 11.8. The number of rotatable bonds is 6. The lowest BCUT2D eigenvalue weighted by atomic mass is 9.99. The minimum Gasteiger partial charge on any atom is -0.310 e. The van der Waals surface area contributed by atoms with Gasteiger partial charge in [-0.05, 0) is 32.4 Å². The number of Topliss-reactive ketones (excluding diaryl/α,β-unsaturated/α-hetero) is 1. The van der Waals surface area contributed by atoms with Gasteiger partial charge in [-0.15, -0.1) is 0 Å². The fraction of sp³-hybridized carbons (Fsp3) is 0.500. The van der Waals surface area contributed by atoms with Crippen molar-refractivity contribution >= 4 is 5.78 Å². The third kappa shape index (κ3) is 3.78. The Labute approximate surface area is 98.1 Å². The van der Waals surface area contributed by atoms with E-state index in [-0.39, 0.29) is 6.04 Å². The van der Waals surface area contributed by atoms with Crippen LogP contribution in [0.4, 0.5) is 0 Å². The van der Waals surface area contributed by atoms with Crippen molar-refractivity contribution < 1.29 is 4.79 Å². The van der Waals surface area contributed by atoms with Crippen LogP contribution in [0.25, 0.3) is 0 Å². The Bertz CT molecular complexity index is 329. The SMILES string of the molecule is CCCC(=O)C(Cc1ccc(C)cc1)NC. The smallest absolute Gasteiger partial charge is 0.150 e. The molecule has 0 aliphatic carbocycles. The first-order chi connectivity index (χ1) is 7.67. The molecule has 1 rings (SSSR count). The van der Waals surface area contributed by atoms with E-state index in [2.05, 4.69) is 36.5 Å². The van der Waals surface area contributed by atoms with Gasteiger partial charge in [0.25, 0.3) is 0 Å². The molecule has 1 unspecified atom stereocenters. The topological polar surface area (TPSA) is 29.1 Å². The first-order valence-corrected chi connectivity index (χ1v) is 5.93. The van der Waals surface area contributed by atoms with Gasteiger partial charge in [-0.2, -0.15) is 0 Å². The lowest BCUT2D eigenvalue weighted by Gasteiger charge is -2.14. The fourth-order valence-electron chi connectivity index (χ4n) is 1.76. The maximum Gasteiger partial charge on any atom is 0.150 e. The Morgan fingerprint density at radius 2 is 1.94 bits per heavy atom. The van der Waals surface area contributed by atoms with Crippen LogP contribution in [0.3, 0.4) is 0 Å². The minimum atomic E-state index is -0.0392. The summed E-state index contributed by atoms with van der Waals surface area (Å²) in [7, 11) is 1.85. The Kier molecular flexibility index (Phi) is 5.20. The molecule has 0 aromatic heterocycles. The minimum absolute atomic E-state index is 0.0392. The van der Waals surface area contributed by atoms with Crippen LogP contribution in [0.5, 0.6) is 0 Å². The first-order valence-electron chi connectivity index (χ1n) is 5.93. The quantitative estimate of drug-likeness (QED) is 0.796. The van der Waals surface area contributed by atoms with E-state index in [1.54, 1.807) is 0 Å². The summed E-state index contributed by atoms with van der Waals surface area (Å²) >= 11 is 0. The largest absolute Gasteiger partial charge is 0.310 e. The Balaban J connectivity index is 2.62. The van der Waals surface area contributed by atoms with Gasteiger partial charge in [0.15, 0.2) is 0 Å². The van der Waals surface area contributed by atoms with Gasteiger partial charge < -0.3 is 5.32 Å². The third-order valence-corrected chi connectivity index (χ3v) is 2.79. The monoisotopic (exact) mass is 219 g/mol. The lowest BCUT2D eigenvalue weighted by molar-refractivity contribution is -0.120. The molecular formula is C14H21NO. The number of hydrogen-bond acceptors (Lipinski definition) is 2. The molecule has 0 radical (unpaired) electrons. The van der Waals surface area contributed by atoms with Crippen molar-refractivity contribution in [1.29, 1.82) is 0 Å². The maximum absolute atomic E-state index is 11.8. The summed E-state index contributed by atoms with van der Waals surface area (Å²) < 4.78 is 0. The van der Waals surface area contributed by atoms with Gasteiger partial charge in [-0.3, -0.25) is 4.79 Å². The zero-order valence-corrected chi connectivity index (χ0v) is 10.4. The molecule has 0 saturated heterocycles. The summed E-state index contributed by atoms with van der Waals surface area (Å²) in [6.07, 6.45) is 2.37. The molecule has 0 saturated carbocycles. The second-order valence-corrected chi connectivity index (χ2v) is 4.25. The van der Waals surface area contributed by atoms with Crippen LogP contribution >= 0.6 is 0 Å². The Morgan fingerprint density at radius 1 is 1.31 bits per heavy atom. The van der Waals surface area contributed by atoms with Gasteiger partial charge in [0.2, 0.25) is 0 Å². The summed E-state index contributed by atoms with van der Waals surface area (Å²) in [6.45, 7) is 4.11. The second kappa shape index (κ2) is 6.44. The molecule has 0 bridgehead atoms. The van der Waals surface area contributed by atoms with Crippen LogP contribution in [0.15, 0.2) is 24.3 Å². The summed E-state index contributed by atoms with van der Waals surface area (Å²) in [4.78, 5) is 11.8. The molecule has 88 valence electrons. The van der Waals surface area contributed by atoms with Crippen LogP contribution in [0, 0.1) is 6.92 Å². The fourth-order valence-corrected chi connectivity index (χ4v) is 1.76. The zero-order chi connectivity index (χ0) is 12.0. The van der Waals surface area contributed by atoms with E-state index in [0.29, 0.717) is 12.2 Å². The molecule has 1 N–H and O–H groups in total. The molecule has 2 heteroatoms. The summed E-state index contributed by atoms with van der Waals surface area (Å²) in [6, 6.07) is 8.33. The van der Waals surface area contributed by atoms with Crippen LogP contribution in [0.2, 0.25) is 0 Å². The number of benzene rings is 1. The molecule has 0 spiro atoms. The summed E-state index contributed by atoms with van der Waals surface area (Å²) in [5.74, 6) is 0.311. The van der Waals surface area contributed by atoms with Crippen LogP contribution in [0.1, 0.15) is 30.9 Å². The highest BCUT2D eigenvalue weighted by atomic mass is 16.1. The normalized spacial score (nSPS) is 12.4. The Hall–Kier alpha value is -1.15. The Morgan fingerprint density at radius 3 is 2.44 bits per heavy atom. The average Bonchev–Trinajstić information content (AvgIpc) is 2.28. The molecule has 0 heterocycles. The van der Waals surface area contributed by atoms with Crippen LogP contribution < -0.4 is 5.32 Å². The van der Waals surface area contributed by atoms with E-state index in [4.69, 9.17) is 0 Å². The van der Waals surface area contributed by atoms with Gasteiger partial charge in [-0.25, -0.2) is 0 Å². The molecular weight excluding hydrogens is 198 g/mol. The number of nitrogens with one attached hydrogen (secondary N) is 1. The predicted octanol–water partition coefficient (Wildman–Crippen LogP) is 2.49. The van der Waals surface area contributed by atoms with Gasteiger partial charge >= 0.3 is 0 Å². The van der Waals surface area contributed by atoms with Crippen molar-refractivity contribution in [3.05, 3.63) is 35.4 Å². The molecule has 0 aliphatic heterocycles. The van der Waals surface area contributed by atoms with Crippen molar-refractivity contribution in [3.8, 4) is 0 Å². The number of hydrogen-bond donors (Lipinski definition) is 1. The number of ketones is 1. The van der Waals surface area contributed by atoms with Crippen molar-refractivity contribution in [1.82, 2.24) is 5.32 Å². The van der Waals surface area contributed by atoms with E-state index in [1.807, 2.05) is 14.0 Å². The van der Waals surface area contributed by atoms with Gasteiger partial charge in [0.05, 0.1) is 6.04 Å². The average molecular weight is 219 g/mol.